The molecule has 6 nitrogen and oxygen atoms in total. The number of halogens is 2. The summed E-state index contributed by atoms with van der Waals surface area (Å²) in [4.78, 5) is 31.0. The van der Waals surface area contributed by atoms with Gasteiger partial charge in [-0.3, -0.25) is 14.5 Å². The Hall–Kier alpha value is -4.27. The summed E-state index contributed by atoms with van der Waals surface area (Å²) in [5, 5.41) is 2.17. The zero-order valence-corrected chi connectivity index (χ0v) is 24.2. The Bertz CT molecular complexity index is 1890. The Balaban J connectivity index is 1.45. The number of benzene rings is 4. The van der Waals surface area contributed by atoms with Gasteiger partial charge in [0.15, 0.2) is 12.0 Å². The van der Waals surface area contributed by atoms with Gasteiger partial charge in [-0.05, 0) is 70.0 Å². The Morgan fingerprint density at radius 2 is 1.65 bits per heavy atom. The molecule has 0 radical (unpaired) electrons. The predicted octanol–water partition coefficient (Wildman–Crippen LogP) is 8.19. The van der Waals surface area contributed by atoms with Crippen LogP contribution in [0.4, 0.5) is 5.69 Å². The highest BCUT2D eigenvalue weighted by molar-refractivity contribution is 9.11. The first-order valence-electron chi connectivity index (χ1n) is 12.4. The molecule has 0 saturated carbocycles. The molecule has 0 spiro atoms. The molecule has 8 heteroatoms. The second-order valence-corrected chi connectivity index (χ2v) is 10.9. The van der Waals surface area contributed by atoms with Crippen LogP contribution in [-0.2, 0) is 9.53 Å². The van der Waals surface area contributed by atoms with Gasteiger partial charge in [0.1, 0.15) is 0 Å². The number of aromatic nitrogens is 1. The monoisotopic (exact) mass is 653 g/mol. The largest absolute Gasteiger partial charge is 0.419 e. The Labute approximate surface area is 247 Å². The lowest BCUT2D eigenvalue weighted by Gasteiger charge is -2.11. The quantitative estimate of drug-likeness (QED) is 0.105. The topological polar surface area (TPSA) is 63.9 Å². The van der Waals surface area contributed by atoms with Crippen molar-refractivity contribution >= 4 is 83.6 Å². The number of hydrogen-bond acceptors (Lipinski definition) is 4. The van der Waals surface area contributed by atoms with Crippen LogP contribution in [0.15, 0.2) is 117 Å². The molecule has 2 heterocycles. The molecule has 1 aromatic heterocycles. The minimum absolute atomic E-state index is 0.0732. The molecule has 0 atom stereocenters. The van der Waals surface area contributed by atoms with Crippen LogP contribution < -0.4 is 0 Å². The first kappa shape index (κ1) is 26.0. The summed E-state index contributed by atoms with van der Waals surface area (Å²) in [6.07, 6.45) is 4.02. The number of carbonyl (C=O) groups excluding carboxylic acids is 2. The van der Waals surface area contributed by atoms with Crippen molar-refractivity contribution < 1.29 is 14.3 Å². The number of rotatable bonds is 6. The van der Waals surface area contributed by atoms with Gasteiger partial charge in [-0.1, -0.05) is 64.5 Å². The van der Waals surface area contributed by atoms with Crippen molar-refractivity contribution in [2.24, 2.45) is 4.99 Å². The number of aliphatic imine (C=N–C) groups is 1. The summed E-state index contributed by atoms with van der Waals surface area (Å²) in [5.41, 5.74) is 4.76. The van der Waals surface area contributed by atoms with E-state index in [1.54, 1.807) is 24.3 Å². The minimum atomic E-state index is -0.341. The van der Waals surface area contributed by atoms with Crippen molar-refractivity contribution in [1.29, 1.82) is 0 Å². The maximum absolute atomic E-state index is 13.4. The SMILES string of the molecule is C=CCN1C(=O)/C(=C\c2ccc3c(c2)c2ccccc2n3-c2ccccc2)OC1=Nc1c(Br)cc(Br)cc1C=O. The lowest BCUT2D eigenvalue weighted by molar-refractivity contribution is -0.122. The van der Waals surface area contributed by atoms with Gasteiger partial charge in [0.25, 0.3) is 5.91 Å². The minimum Gasteiger partial charge on any atom is -0.419 e. The molecule has 196 valence electrons. The van der Waals surface area contributed by atoms with E-state index in [0.29, 0.717) is 22.0 Å². The number of amidine groups is 1. The lowest BCUT2D eigenvalue weighted by Crippen LogP contribution is -2.29. The summed E-state index contributed by atoms with van der Waals surface area (Å²) in [5.74, 6) is -0.209. The van der Waals surface area contributed by atoms with Crippen molar-refractivity contribution in [2.45, 2.75) is 0 Å². The smallest absolute Gasteiger partial charge is 0.305 e. The molecule has 0 aliphatic carbocycles. The highest BCUT2D eigenvalue weighted by Gasteiger charge is 2.34. The van der Waals surface area contributed by atoms with Crippen molar-refractivity contribution in [2.75, 3.05) is 6.54 Å². The fourth-order valence-electron chi connectivity index (χ4n) is 4.86. The van der Waals surface area contributed by atoms with Gasteiger partial charge in [0.05, 0.1) is 16.7 Å². The molecular formula is C32H21Br2N3O3. The van der Waals surface area contributed by atoms with Gasteiger partial charge in [-0.15, -0.1) is 6.58 Å². The third-order valence-corrected chi connectivity index (χ3v) is 7.66. The average molecular weight is 655 g/mol. The van der Waals surface area contributed by atoms with Gasteiger partial charge < -0.3 is 9.30 Å². The molecular weight excluding hydrogens is 634 g/mol. The zero-order valence-electron chi connectivity index (χ0n) is 21.1. The summed E-state index contributed by atoms with van der Waals surface area (Å²) in [6.45, 7) is 3.96. The Morgan fingerprint density at radius 3 is 2.42 bits per heavy atom. The molecule has 1 aliphatic rings. The molecule has 1 fully saturated rings. The van der Waals surface area contributed by atoms with E-state index in [1.165, 1.54) is 4.90 Å². The number of hydrogen-bond donors (Lipinski definition) is 0. The average Bonchev–Trinajstić information content (AvgIpc) is 3.44. The molecule has 1 saturated heterocycles. The molecule has 40 heavy (non-hydrogen) atoms. The number of aldehydes is 1. The number of nitrogens with zero attached hydrogens (tertiary/aromatic N) is 3. The van der Waals surface area contributed by atoms with Crippen molar-refractivity contribution in [1.82, 2.24) is 9.47 Å². The number of fused-ring (bicyclic) bond motifs is 3. The molecule has 4 aromatic carbocycles. The summed E-state index contributed by atoms with van der Waals surface area (Å²) in [7, 11) is 0. The summed E-state index contributed by atoms with van der Waals surface area (Å²) >= 11 is 6.84. The van der Waals surface area contributed by atoms with Crippen LogP contribution >= 0.6 is 31.9 Å². The fourth-order valence-corrected chi connectivity index (χ4v) is 6.20. The molecule has 0 N–H and O–H groups in total. The van der Waals surface area contributed by atoms with E-state index in [4.69, 9.17) is 4.74 Å². The van der Waals surface area contributed by atoms with E-state index in [9.17, 15) is 9.59 Å². The fraction of sp³-hybridized carbons (Fsp3) is 0.0312. The second kappa shape index (κ2) is 10.7. The van der Waals surface area contributed by atoms with Crippen LogP contribution in [0.2, 0.25) is 0 Å². The van der Waals surface area contributed by atoms with E-state index in [-0.39, 0.29) is 24.2 Å². The number of amides is 1. The first-order chi connectivity index (χ1) is 19.5. The van der Waals surface area contributed by atoms with Crippen LogP contribution in [0.1, 0.15) is 15.9 Å². The molecule has 6 rings (SSSR count). The summed E-state index contributed by atoms with van der Waals surface area (Å²) < 4.78 is 9.53. The molecule has 0 unspecified atom stereocenters. The van der Waals surface area contributed by atoms with Gasteiger partial charge in [-0.2, -0.15) is 4.99 Å². The molecule has 5 aromatic rings. The second-order valence-electron chi connectivity index (χ2n) is 9.12. The standard InChI is InChI=1S/C32H21Br2N3O3/c1-2-14-36-31(39)29(40-32(36)35-30-21(19-38)17-22(33)18-26(30)34)16-20-12-13-28-25(15-20)24-10-6-7-11-27(24)37(28)23-8-4-3-5-9-23/h2-13,15-19H,1,14H2/b29-16+,35-32?. The third-order valence-electron chi connectivity index (χ3n) is 6.60. The molecule has 1 amide bonds. The zero-order chi connectivity index (χ0) is 27.8. The Kier molecular flexibility index (Phi) is 6.96. The lowest BCUT2D eigenvalue weighted by atomic mass is 10.1. The van der Waals surface area contributed by atoms with Crippen molar-refractivity contribution in [3.8, 4) is 5.69 Å². The summed E-state index contributed by atoms with van der Waals surface area (Å²) in [6, 6.07) is 28.1. The van der Waals surface area contributed by atoms with E-state index < -0.39 is 0 Å². The predicted molar refractivity (Wildman–Crippen MR) is 166 cm³/mol. The van der Waals surface area contributed by atoms with Crippen LogP contribution in [0.3, 0.4) is 0 Å². The number of para-hydroxylation sites is 2. The highest BCUT2D eigenvalue weighted by Crippen LogP contribution is 2.35. The van der Waals surface area contributed by atoms with Gasteiger partial charge in [0, 0.05) is 37.5 Å². The van der Waals surface area contributed by atoms with Crippen LogP contribution in [0.25, 0.3) is 33.6 Å². The van der Waals surface area contributed by atoms with Gasteiger partial charge >= 0.3 is 6.02 Å². The van der Waals surface area contributed by atoms with Gasteiger partial charge in [0.2, 0.25) is 0 Å². The van der Waals surface area contributed by atoms with Crippen molar-refractivity contribution in [3.05, 3.63) is 123 Å². The highest BCUT2D eigenvalue weighted by atomic mass is 79.9. The third kappa shape index (κ3) is 4.59. The van der Waals surface area contributed by atoms with E-state index in [2.05, 4.69) is 84.4 Å². The maximum atomic E-state index is 13.4. The first-order valence-corrected chi connectivity index (χ1v) is 14.0. The molecule has 1 aliphatic heterocycles. The molecule has 0 bridgehead atoms. The van der Waals surface area contributed by atoms with E-state index in [0.717, 1.165) is 37.5 Å². The normalized spacial score (nSPS) is 15.3. The van der Waals surface area contributed by atoms with Crippen molar-refractivity contribution in [3.63, 3.8) is 0 Å². The van der Waals surface area contributed by atoms with Crippen LogP contribution in [0, 0.1) is 0 Å². The van der Waals surface area contributed by atoms with Crippen LogP contribution in [0.5, 0.6) is 0 Å². The Morgan fingerprint density at radius 1 is 0.900 bits per heavy atom. The van der Waals surface area contributed by atoms with E-state index >= 15 is 0 Å². The van der Waals surface area contributed by atoms with E-state index in [1.807, 2.05) is 36.4 Å². The van der Waals surface area contributed by atoms with Crippen LogP contribution in [-0.4, -0.2) is 34.2 Å². The van der Waals surface area contributed by atoms with Gasteiger partial charge in [-0.25, -0.2) is 0 Å². The number of ether oxygens (including phenoxy) is 1. The number of carbonyl (C=O) groups is 2. The maximum Gasteiger partial charge on any atom is 0.305 e.